The van der Waals surface area contributed by atoms with Gasteiger partial charge in [-0.2, -0.15) is 15.6 Å². The molecule has 6 heteroatoms. The maximum Gasteiger partial charge on any atom is 0.171 e. The fraction of sp³-hybridized carbons (Fsp3) is 0.105. The highest BCUT2D eigenvalue weighted by molar-refractivity contribution is 6.31. The van der Waals surface area contributed by atoms with Crippen LogP contribution in [0.1, 0.15) is 22.5 Å². The van der Waals surface area contributed by atoms with Crippen LogP contribution in [0.15, 0.2) is 42.5 Å². The van der Waals surface area contributed by atoms with E-state index in [9.17, 15) is 0 Å². The number of aromatic nitrogens is 2. The zero-order valence-electron chi connectivity index (χ0n) is 13.6. The number of nitrogens with zero attached hydrogens (tertiary/aromatic N) is 4. The predicted molar refractivity (Wildman–Crippen MR) is 94.0 cm³/mol. The summed E-state index contributed by atoms with van der Waals surface area (Å²) in [6, 6.07) is 16.1. The smallest absolute Gasteiger partial charge is 0.171 e. The monoisotopic (exact) mass is 348 g/mol. The molecular weight excluding hydrogens is 336 g/mol. The second-order valence-electron chi connectivity index (χ2n) is 5.43. The molecule has 0 aliphatic carbocycles. The molecule has 2 aromatic carbocycles. The van der Waals surface area contributed by atoms with Crippen LogP contribution in [0.2, 0.25) is 5.02 Å². The lowest BCUT2D eigenvalue weighted by Crippen LogP contribution is -1.99. The van der Waals surface area contributed by atoms with Gasteiger partial charge in [0, 0.05) is 0 Å². The maximum absolute atomic E-state index is 8.99. The Balaban J connectivity index is 1.97. The standard InChI is InChI=1S/C19H13ClN4O/c1-12-19(25-17-7-3-14(10-21)4-8-17)13(2)24(23-12)16-6-5-15(11-22)18(20)9-16/h3-9H,1-2H3. The van der Waals surface area contributed by atoms with Gasteiger partial charge in [-0.15, -0.1) is 0 Å². The van der Waals surface area contributed by atoms with Crippen molar-refractivity contribution < 1.29 is 4.74 Å². The molecule has 122 valence electrons. The van der Waals surface area contributed by atoms with E-state index in [1.54, 1.807) is 47.1 Å². The Morgan fingerprint density at radius 3 is 2.36 bits per heavy atom. The number of nitriles is 2. The molecule has 0 saturated heterocycles. The van der Waals surface area contributed by atoms with Crippen molar-refractivity contribution in [2.24, 2.45) is 0 Å². The molecule has 5 nitrogen and oxygen atoms in total. The molecular formula is C19H13ClN4O. The van der Waals surface area contributed by atoms with Crippen LogP contribution in [-0.4, -0.2) is 9.78 Å². The van der Waals surface area contributed by atoms with Gasteiger partial charge in [-0.25, -0.2) is 4.68 Å². The summed E-state index contributed by atoms with van der Waals surface area (Å²) in [5, 5.41) is 22.7. The minimum Gasteiger partial charge on any atom is -0.453 e. The van der Waals surface area contributed by atoms with Crippen molar-refractivity contribution in [1.29, 1.82) is 10.5 Å². The van der Waals surface area contributed by atoms with E-state index in [1.807, 2.05) is 19.9 Å². The highest BCUT2D eigenvalue weighted by atomic mass is 35.5. The van der Waals surface area contributed by atoms with Crippen molar-refractivity contribution in [1.82, 2.24) is 9.78 Å². The first-order chi connectivity index (χ1) is 12.0. The van der Waals surface area contributed by atoms with E-state index in [1.165, 1.54) is 0 Å². The summed E-state index contributed by atoms with van der Waals surface area (Å²) in [7, 11) is 0. The average molecular weight is 349 g/mol. The lowest BCUT2D eigenvalue weighted by atomic mass is 10.2. The molecule has 25 heavy (non-hydrogen) atoms. The van der Waals surface area contributed by atoms with E-state index in [4.69, 9.17) is 26.9 Å². The SMILES string of the molecule is Cc1nn(-c2ccc(C#N)c(Cl)c2)c(C)c1Oc1ccc(C#N)cc1. The molecule has 0 atom stereocenters. The molecule has 0 aliphatic rings. The molecule has 0 amide bonds. The van der Waals surface area contributed by atoms with Crippen LogP contribution in [-0.2, 0) is 0 Å². The van der Waals surface area contributed by atoms with Gasteiger partial charge in [-0.05, 0) is 56.3 Å². The van der Waals surface area contributed by atoms with Gasteiger partial charge < -0.3 is 4.74 Å². The van der Waals surface area contributed by atoms with Crippen molar-refractivity contribution in [2.45, 2.75) is 13.8 Å². The predicted octanol–water partition coefficient (Wildman–Crippen LogP) is 4.68. The fourth-order valence-electron chi connectivity index (χ4n) is 2.47. The van der Waals surface area contributed by atoms with E-state index in [0.29, 0.717) is 27.6 Å². The number of halogens is 1. The molecule has 1 aromatic heterocycles. The molecule has 0 bridgehead atoms. The molecule has 0 saturated carbocycles. The van der Waals surface area contributed by atoms with E-state index in [2.05, 4.69) is 11.2 Å². The normalized spacial score (nSPS) is 10.1. The Bertz CT molecular complexity index is 1020. The molecule has 0 fully saturated rings. The van der Waals surface area contributed by atoms with Crippen LogP contribution in [0.5, 0.6) is 11.5 Å². The Hall–Kier alpha value is -3.28. The fourth-order valence-corrected chi connectivity index (χ4v) is 2.69. The molecule has 0 N–H and O–H groups in total. The zero-order valence-corrected chi connectivity index (χ0v) is 14.4. The van der Waals surface area contributed by atoms with Crippen molar-refractivity contribution in [3.63, 3.8) is 0 Å². The van der Waals surface area contributed by atoms with E-state index < -0.39 is 0 Å². The summed E-state index contributed by atoms with van der Waals surface area (Å²) >= 11 is 6.12. The van der Waals surface area contributed by atoms with Crippen LogP contribution >= 0.6 is 11.6 Å². The van der Waals surface area contributed by atoms with Crippen molar-refractivity contribution in [2.75, 3.05) is 0 Å². The topological polar surface area (TPSA) is 74.6 Å². The first kappa shape index (κ1) is 16.6. The third kappa shape index (κ3) is 3.19. The van der Waals surface area contributed by atoms with Crippen molar-refractivity contribution >= 4 is 11.6 Å². The number of benzene rings is 2. The van der Waals surface area contributed by atoms with Gasteiger partial charge in [-0.3, -0.25) is 0 Å². The lowest BCUT2D eigenvalue weighted by Gasteiger charge is -2.08. The summed E-state index contributed by atoms with van der Waals surface area (Å²) in [4.78, 5) is 0. The van der Waals surface area contributed by atoms with Gasteiger partial charge in [0.2, 0.25) is 0 Å². The van der Waals surface area contributed by atoms with Gasteiger partial charge in [0.05, 0.1) is 33.6 Å². The molecule has 3 aromatic rings. The first-order valence-electron chi connectivity index (χ1n) is 7.47. The summed E-state index contributed by atoms with van der Waals surface area (Å²) in [6.45, 7) is 3.75. The quantitative estimate of drug-likeness (QED) is 0.688. The largest absolute Gasteiger partial charge is 0.453 e. The second kappa shape index (κ2) is 6.68. The Kier molecular flexibility index (Phi) is 4.43. The van der Waals surface area contributed by atoms with Crippen LogP contribution in [0.3, 0.4) is 0 Å². The highest BCUT2D eigenvalue weighted by Crippen LogP contribution is 2.31. The van der Waals surface area contributed by atoms with Gasteiger partial charge in [0.15, 0.2) is 5.75 Å². The van der Waals surface area contributed by atoms with E-state index >= 15 is 0 Å². The Morgan fingerprint density at radius 1 is 1.04 bits per heavy atom. The number of rotatable bonds is 3. The van der Waals surface area contributed by atoms with Gasteiger partial charge in [0.1, 0.15) is 17.5 Å². The summed E-state index contributed by atoms with van der Waals surface area (Å²) in [5.41, 5.74) is 3.27. The van der Waals surface area contributed by atoms with Gasteiger partial charge >= 0.3 is 0 Å². The average Bonchev–Trinajstić information content (AvgIpc) is 2.90. The van der Waals surface area contributed by atoms with Crippen LogP contribution in [0.4, 0.5) is 0 Å². The Labute approximate surface area is 150 Å². The minimum atomic E-state index is 0.377. The molecule has 0 unspecified atom stereocenters. The number of hydrogen-bond acceptors (Lipinski definition) is 4. The van der Waals surface area contributed by atoms with E-state index in [0.717, 1.165) is 17.1 Å². The van der Waals surface area contributed by atoms with Crippen LogP contribution in [0.25, 0.3) is 5.69 Å². The van der Waals surface area contributed by atoms with Crippen LogP contribution < -0.4 is 4.74 Å². The number of hydrogen-bond donors (Lipinski definition) is 0. The summed E-state index contributed by atoms with van der Waals surface area (Å²) < 4.78 is 7.66. The molecule has 1 heterocycles. The third-order valence-corrected chi connectivity index (χ3v) is 4.06. The molecule has 0 aliphatic heterocycles. The lowest BCUT2D eigenvalue weighted by molar-refractivity contribution is 0.475. The maximum atomic E-state index is 8.99. The molecule has 0 radical (unpaired) electrons. The van der Waals surface area contributed by atoms with Gasteiger partial charge in [-0.1, -0.05) is 11.6 Å². The zero-order chi connectivity index (χ0) is 18.0. The number of ether oxygens (including phenoxy) is 1. The van der Waals surface area contributed by atoms with Crippen molar-refractivity contribution in [3.05, 3.63) is 70.0 Å². The number of aryl methyl sites for hydroxylation is 1. The summed E-state index contributed by atoms with van der Waals surface area (Å²) in [6.07, 6.45) is 0. The second-order valence-corrected chi connectivity index (χ2v) is 5.83. The first-order valence-corrected chi connectivity index (χ1v) is 7.85. The minimum absolute atomic E-state index is 0.377. The molecule has 3 rings (SSSR count). The molecule has 0 spiro atoms. The van der Waals surface area contributed by atoms with E-state index in [-0.39, 0.29) is 0 Å². The van der Waals surface area contributed by atoms with Crippen LogP contribution in [0, 0.1) is 36.5 Å². The summed E-state index contributed by atoms with van der Waals surface area (Å²) in [5.74, 6) is 1.27. The van der Waals surface area contributed by atoms with Gasteiger partial charge in [0.25, 0.3) is 0 Å². The third-order valence-electron chi connectivity index (χ3n) is 3.75. The Morgan fingerprint density at radius 2 is 1.76 bits per heavy atom. The van der Waals surface area contributed by atoms with Crippen molar-refractivity contribution in [3.8, 4) is 29.3 Å². The highest BCUT2D eigenvalue weighted by Gasteiger charge is 2.16.